The summed E-state index contributed by atoms with van der Waals surface area (Å²) in [6.45, 7) is 0. The van der Waals surface area contributed by atoms with Gasteiger partial charge in [-0.1, -0.05) is 48.5 Å². The van der Waals surface area contributed by atoms with Crippen molar-refractivity contribution in [2.75, 3.05) is 0 Å². The Kier molecular flexibility index (Phi) is 4.11. The van der Waals surface area contributed by atoms with E-state index in [1.165, 1.54) is 0 Å². The fourth-order valence-corrected chi connectivity index (χ4v) is 5.34. The number of aromatic nitrogens is 10. The molecule has 0 spiro atoms. The van der Waals surface area contributed by atoms with Crippen LogP contribution < -0.4 is 0 Å². The van der Waals surface area contributed by atoms with Crippen molar-refractivity contribution in [1.82, 2.24) is 49.8 Å². The van der Waals surface area contributed by atoms with Crippen molar-refractivity contribution in [2.45, 2.75) is 0 Å². The zero-order valence-electron chi connectivity index (χ0n) is 20.7. The summed E-state index contributed by atoms with van der Waals surface area (Å²) >= 11 is 0. The van der Waals surface area contributed by atoms with Crippen LogP contribution in [0, 0.1) is 0 Å². The van der Waals surface area contributed by atoms with Crippen LogP contribution in [0.4, 0.5) is 0 Å². The van der Waals surface area contributed by atoms with Gasteiger partial charge in [-0.15, -0.1) is 0 Å². The maximum Gasteiger partial charge on any atom is 0.183 e. The van der Waals surface area contributed by atoms with E-state index in [9.17, 15) is 0 Å². The Morgan fingerprint density at radius 1 is 0.400 bits per heavy atom. The third-order valence-corrected chi connectivity index (χ3v) is 7.16. The summed E-state index contributed by atoms with van der Waals surface area (Å²) in [5.41, 5.74) is 6.37. The van der Waals surface area contributed by atoms with Crippen molar-refractivity contribution in [3.8, 4) is 45.7 Å². The summed E-state index contributed by atoms with van der Waals surface area (Å²) < 4.78 is 0. The van der Waals surface area contributed by atoms with Gasteiger partial charge in [-0.25, -0.2) is 29.9 Å². The van der Waals surface area contributed by atoms with Crippen molar-refractivity contribution in [2.24, 2.45) is 0 Å². The van der Waals surface area contributed by atoms with Gasteiger partial charge < -0.3 is 9.97 Å². The first-order chi connectivity index (χ1) is 19.8. The van der Waals surface area contributed by atoms with Gasteiger partial charge in [0, 0.05) is 45.2 Å². The van der Waals surface area contributed by atoms with E-state index in [2.05, 4.69) is 19.9 Å². The van der Waals surface area contributed by atoms with E-state index in [4.69, 9.17) is 29.9 Å². The largest absolute Gasteiger partial charge is 0.324 e. The Hall–Kier alpha value is -5.90. The predicted molar refractivity (Wildman–Crippen MR) is 152 cm³/mol. The highest BCUT2D eigenvalue weighted by Gasteiger charge is 2.22. The van der Waals surface area contributed by atoms with E-state index in [-0.39, 0.29) is 0 Å². The van der Waals surface area contributed by atoms with E-state index in [0.29, 0.717) is 57.1 Å². The summed E-state index contributed by atoms with van der Waals surface area (Å²) in [5, 5.41) is 2.67. The van der Waals surface area contributed by atoms with Gasteiger partial charge in [0.25, 0.3) is 0 Å². The second-order valence-corrected chi connectivity index (χ2v) is 9.50. The number of fused-ring (bicyclic) bond motifs is 20. The molecule has 2 aliphatic heterocycles. The van der Waals surface area contributed by atoms with Crippen molar-refractivity contribution < 1.29 is 0 Å². The Morgan fingerprint density at radius 2 is 0.900 bits per heavy atom. The lowest BCUT2D eigenvalue weighted by atomic mass is 10.1. The molecule has 2 aromatic carbocycles. The monoisotopic (exact) mass is 516 g/mol. The number of nitrogens with zero attached hydrogens (tertiary/aromatic N) is 8. The highest BCUT2D eigenvalue weighted by Crippen LogP contribution is 2.35. The Labute approximate surface area is 225 Å². The quantitative estimate of drug-likeness (QED) is 0.264. The molecule has 0 fully saturated rings. The molecule has 0 atom stereocenters. The number of benzene rings is 2. The smallest absolute Gasteiger partial charge is 0.183 e. The van der Waals surface area contributed by atoms with Crippen molar-refractivity contribution in [3.05, 3.63) is 85.2 Å². The third kappa shape index (κ3) is 2.98. The molecular formula is C30H16N10. The van der Waals surface area contributed by atoms with Gasteiger partial charge in [0.1, 0.15) is 28.2 Å². The van der Waals surface area contributed by atoms with Gasteiger partial charge in [0.15, 0.2) is 28.9 Å². The van der Waals surface area contributed by atoms with Gasteiger partial charge in [0.2, 0.25) is 0 Å². The van der Waals surface area contributed by atoms with E-state index < -0.39 is 0 Å². The number of H-pyrrole nitrogens is 2. The normalized spacial score (nSPS) is 12.0. The highest BCUT2D eigenvalue weighted by molar-refractivity contribution is 6.05. The zero-order valence-corrected chi connectivity index (χ0v) is 20.7. The van der Waals surface area contributed by atoms with Crippen LogP contribution in [0.15, 0.2) is 85.2 Å². The maximum absolute atomic E-state index is 4.99. The summed E-state index contributed by atoms with van der Waals surface area (Å²) in [5.74, 6) is 2.09. The number of aromatic amines is 2. The van der Waals surface area contributed by atoms with Crippen LogP contribution in [0.5, 0.6) is 0 Å². The highest BCUT2D eigenvalue weighted by atomic mass is 15.1. The molecule has 186 valence electrons. The van der Waals surface area contributed by atoms with Gasteiger partial charge in [-0.2, -0.15) is 0 Å². The molecular weight excluding hydrogens is 500 g/mol. The van der Waals surface area contributed by atoms with Crippen LogP contribution in [0.25, 0.3) is 89.9 Å². The van der Waals surface area contributed by atoms with Crippen LogP contribution in [0.2, 0.25) is 0 Å². The standard InChI is InChI=1S/C30H16N10/c1-2-8-16-15(7-1)23-33-24-17-9-3-4-10-18(17)26(35-24)37-29-22-20(12-6-14-32-22)28(39-29)40-30-21-19(11-5-13-31-21)27(38-30)36-25(16)34-23/h1-14H,(H2,33,34,35,36,37,38,39,40). The Morgan fingerprint density at radius 3 is 1.68 bits per heavy atom. The number of rotatable bonds is 0. The molecule has 10 nitrogen and oxygen atoms in total. The summed E-state index contributed by atoms with van der Waals surface area (Å²) in [6.07, 6.45) is 3.47. The minimum absolute atomic E-state index is 0.466. The molecule has 7 heterocycles. The topological polar surface area (TPSA) is 135 Å². The second-order valence-electron chi connectivity index (χ2n) is 9.50. The third-order valence-electron chi connectivity index (χ3n) is 7.16. The van der Waals surface area contributed by atoms with Crippen molar-refractivity contribution >= 4 is 44.3 Å². The first kappa shape index (κ1) is 21.1. The first-order valence-electron chi connectivity index (χ1n) is 12.7. The molecule has 7 aromatic rings. The lowest BCUT2D eigenvalue weighted by Gasteiger charge is -1.96. The lowest BCUT2D eigenvalue weighted by molar-refractivity contribution is 1.18. The van der Waals surface area contributed by atoms with Crippen LogP contribution in [0.3, 0.4) is 0 Å². The van der Waals surface area contributed by atoms with Gasteiger partial charge in [-0.3, -0.25) is 9.97 Å². The van der Waals surface area contributed by atoms with Crippen LogP contribution in [0.1, 0.15) is 0 Å². The van der Waals surface area contributed by atoms with Crippen LogP contribution in [-0.2, 0) is 0 Å². The van der Waals surface area contributed by atoms with Gasteiger partial charge >= 0.3 is 0 Å². The fourth-order valence-electron chi connectivity index (χ4n) is 5.34. The second kappa shape index (κ2) is 7.81. The molecule has 8 bridgehead atoms. The van der Waals surface area contributed by atoms with Crippen LogP contribution >= 0.6 is 0 Å². The fraction of sp³-hybridized carbons (Fsp3) is 0. The molecule has 10 heteroatoms. The van der Waals surface area contributed by atoms with Crippen molar-refractivity contribution in [1.29, 1.82) is 0 Å². The van der Waals surface area contributed by atoms with E-state index in [1.54, 1.807) is 12.4 Å². The number of pyridine rings is 2. The number of nitrogens with one attached hydrogen (secondary N) is 2. The molecule has 0 saturated carbocycles. The average molecular weight is 517 g/mol. The molecule has 0 saturated heterocycles. The van der Waals surface area contributed by atoms with E-state index in [0.717, 1.165) is 32.8 Å². The number of hydrogen-bond donors (Lipinski definition) is 2. The van der Waals surface area contributed by atoms with Gasteiger partial charge in [0.05, 0.1) is 0 Å². The maximum atomic E-state index is 4.99. The molecule has 9 rings (SSSR count). The van der Waals surface area contributed by atoms with E-state index >= 15 is 0 Å². The summed E-state index contributed by atoms with van der Waals surface area (Å²) in [4.78, 5) is 45.5. The Balaban J connectivity index is 1.51. The molecule has 5 aromatic heterocycles. The Bertz CT molecular complexity index is 2030. The zero-order chi connectivity index (χ0) is 26.2. The molecule has 2 N–H and O–H groups in total. The molecule has 0 unspecified atom stereocenters. The van der Waals surface area contributed by atoms with Crippen molar-refractivity contribution in [3.63, 3.8) is 0 Å². The summed E-state index contributed by atoms with van der Waals surface area (Å²) in [6, 6.07) is 23.6. The lowest BCUT2D eigenvalue weighted by Crippen LogP contribution is -1.85. The molecule has 40 heavy (non-hydrogen) atoms. The SMILES string of the molecule is c1ccc2c(c1)-c1nc-2nc2[nH]c(nc3nc(nc4[nH]c(n1)c1ccccc41)-c1ncccc1-3)c1ncccc21. The number of hydrogen-bond acceptors (Lipinski definition) is 8. The predicted octanol–water partition coefficient (Wildman–Crippen LogP) is 5.66. The van der Waals surface area contributed by atoms with Gasteiger partial charge in [-0.05, 0) is 24.3 Å². The summed E-state index contributed by atoms with van der Waals surface area (Å²) in [7, 11) is 0. The van der Waals surface area contributed by atoms with Crippen LogP contribution in [-0.4, -0.2) is 49.8 Å². The van der Waals surface area contributed by atoms with E-state index in [1.807, 2.05) is 72.8 Å². The minimum Gasteiger partial charge on any atom is -0.324 e. The molecule has 0 aliphatic carbocycles. The molecule has 0 radical (unpaired) electrons. The molecule has 0 amide bonds. The molecule has 2 aliphatic rings. The average Bonchev–Trinajstić information content (AvgIpc) is 3.73. The first-order valence-corrected chi connectivity index (χ1v) is 12.7. The minimum atomic E-state index is 0.466.